The molecule has 6 nitrogen and oxygen atoms in total. The van der Waals surface area contributed by atoms with E-state index in [0.717, 1.165) is 13.1 Å². The van der Waals surface area contributed by atoms with Gasteiger partial charge in [0.15, 0.2) is 0 Å². The van der Waals surface area contributed by atoms with E-state index < -0.39 is 17.7 Å². The Hall–Kier alpha value is -2.09. The first-order valence-corrected chi connectivity index (χ1v) is 11.3. The molecule has 0 aliphatic carbocycles. The molecular formula is C23H21Cl3N2O4. The third-order valence-electron chi connectivity index (χ3n) is 5.68. The number of rotatable bonds is 5. The van der Waals surface area contributed by atoms with E-state index >= 15 is 0 Å². The molecule has 1 amide bonds. The summed E-state index contributed by atoms with van der Waals surface area (Å²) in [6.45, 7) is 3.62. The smallest absolute Gasteiger partial charge is 0.295 e. The maximum atomic E-state index is 13.1. The maximum Gasteiger partial charge on any atom is 0.295 e. The van der Waals surface area contributed by atoms with Gasteiger partial charge in [-0.25, -0.2) is 0 Å². The summed E-state index contributed by atoms with van der Waals surface area (Å²) in [7, 11) is 0. The average molecular weight is 496 g/mol. The van der Waals surface area contributed by atoms with Crippen molar-refractivity contribution in [3.8, 4) is 0 Å². The van der Waals surface area contributed by atoms with Gasteiger partial charge in [-0.3, -0.25) is 14.5 Å². The van der Waals surface area contributed by atoms with Crippen LogP contribution in [0.1, 0.15) is 17.2 Å². The molecule has 0 spiro atoms. The van der Waals surface area contributed by atoms with Crippen LogP contribution in [0.3, 0.4) is 0 Å². The highest BCUT2D eigenvalue weighted by Crippen LogP contribution is 2.42. The summed E-state index contributed by atoms with van der Waals surface area (Å²) in [5.74, 6) is -1.70. The number of likely N-dealkylation sites (tertiary alicyclic amines) is 1. The van der Waals surface area contributed by atoms with Crippen LogP contribution < -0.4 is 0 Å². The monoisotopic (exact) mass is 494 g/mol. The molecule has 0 bridgehead atoms. The molecule has 0 unspecified atom stereocenters. The first-order valence-electron chi connectivity index (χ1n) is 10.2. The number of aliphatic hydroxyl groups is 1. The van der Waals surface area contributed by atoms with Crippen molar-refractivity contribution < 1.29 is 19.4 Å². The molecule has 2 aliphatic heterocycles. The van der Waals surface area contributed by atoms with Crippen LogP contribution in [0, 0.1) is 0 Å². The van der Waals surface area contributed by atoms with Gasteiger partial charge in [0.05, 0.1) is 24.8 Å². The number of halogens is 3. The first-order chi connectivity index (χ1) is 15.4. The SMILES string of the molecule is O=C1C(=O)N(CCN2CCOCC2)[C@H](c2ccc(Cl)cc2Cl)C1=C(O)c1ccc(Cl)cc1. The zero-order valence-electron chi connectivity index (χ0n) is 17.1. The molecule has 2 heterocycles. The third kappa shape index (κ3) is 4.65. The van der Waals surface area contributed by atoms with E-state index in [0.29, 0.717) is 52.5 Å². The summed E-state index contributed by atoms with van der Waals surface area (Å²) in [6.07, 6.45) is 0. The largest absolute Gasteiger partial charge is 0.507 e. The molecule has 0 aromatic heterocycles. The lowest BCUT2D eigenvalue weighted by Crippen LogP contribution is -2.42. The zero-order valence-corrected chi connectivity index (χ0v) is 19.3. The number of benzene rings is 2. The van der Waals surface area contributed by atoms with Crippen molar-refractivity contribution in [1.29, 1.82) is 0 Å². The Balaban J connectivity index is 1.76. The van der Waals surface area contributed by atoms with Gasteiger partial charge >= 0.3 is 0 Å². The number of carbonyl (C=O) groups is 2. The molecule has 1 atom stereocenters. The number of hydrogen-bond donors (Lipinski definition) is 1. The molecule has 32 heavy (non-hydrogen) atoms. The highest BCUT2D eigenvalue weighted by molar-refractivity contribution is 6.47. The van der Waals surface area contributed by atoms with Crippen LogP contribution in [-0.2, 0) is 14.3 Å². The lowest BCUT2D eigenvalue weighted by atomic mass is 9.95. The summed E-state index contributed by atoms with van der Waals surface area (Å²) >= 11 is 18.5. The van der Waals surface area contributed by atoms with Crippen LogP contribution in [-0.4, -0.2) is 66.0 Å². The number of ketones is 1. The Bertz CT molecular complexity index is 1070. The van der Waals surface area contributed by atoms with E-state index in [1.165, 1.54) is 4.90 Å². The van der Waals surface area contributed by atoms with E-state index in [2.05, 4.69) is 4.90 Å². The minimum atomic E-state index is -0.837. The van der Waals surface area contributed by atoms with E-state index in [1.807, 2.05) is 0 Å². The lowest BCUT2D eigenvalue weighted by molar-refractivity contribution is -0.140. The van der Waals surface area contributed by atoms with E-state index in [1.54, 1.807) is 42.5 Å². The van der Waals surface area contributed by atoms with E-state index in [4.69, 9.17) is 39.5 Å². The van der Waals surface area contributed by atoms with E-state index in [9.17, 15) is 14.7 Å². The number of carbonyl (C=O) groups excluding carboxylic acids is 2. The summed E-state index contributed by atoms with van der Waals surface area (Å²) in [4.78, 5) is 29.7. The second-order valence-corrected chi connectivity index (χ2v) is 8.90. The summed E-state index contributed by atoms with van der Waals surface area (Å²) in [5, 5.41) is 12.3. The second kappa shape index (κ2) is 9.81. The van der Waals surface area contributed by atoms with Crippen LogP contribution in [0.25, 0.3) is 5.76 Å². The molecule has 9 heteroatoms. The number of Topliss-reactive ketones (excluding diaryl/α,β-unsaturated/α-hetero) is 1. The fourth-order valence-corrected chi connectivity index (χ4v) is 4.63. The minimum Gasteiger partial charge on any atom is -0.507 e. The van der Waals surface area contributed by atoms with Crippen molar-refractivity contribution in [2.24, 2.45) is 0 Å². The highest BCUT2D eigenvalue weighted by atomic mass is 35.5. The van der Waals surface area contributed by atoms with Gasteiger partial charge in [-0.05, 0) is 42.0 Å². The molecule has 2 fully saturated rings. The first kappa shape index (κ1) is 23.1. The molecule has 168 valence electrons. The van der Waals surface area contributed by atoms with Crippen LogP contribution in [0.2, 0.25) is 15.1 Å². The Morgan fingerprint density at radius 1 is 0.969 bits per heavy atom. The Morgan fingerprint density at radius 2 is 1.62 bits per heavy atom. The quantitative estimate of drug-likeness (QED) is 0.378. The van der Waals surface area contributed by atoms with E-state index in [-0.39, 0.29) is 11.3 Å². The van der Waals surface area contributed by atoms with Gasteiger partial charge in [-0.1, -0.05) is 40.9 Å². The van der Waals surface area contributed by atoms with Gasteiger partial charge < -0.3 is 14.7 Å². The molecular weight excluding hydrogens is 475 g/mol. The number of hydrogen-bond acceptors (Lipinski definition) is 5. The van der Waals surface area contributed by atoms with Crippen molar-refractivity contribution in [3.05, 3.63) is 74.2 Å². The second-order valence-electron chi connectivity index (χ2n) is 7.62. The number of aliphatic hydroxyl groups excluding tert-OH is 1. The van der Waals surface area contributed by atoms with Gasteiger partial charge in [0.1, 0.15) is 5.76 Å². The normalized spacial score (nSPS) is 21.3. The Morgan fingerprint density at radius 3 is 2.28 bits per heavy atom. The molecule has 0 radical (unpaired) electrons. The molecule has 4 rings (SSSR count). The van der Waals surface area contributed by atoms with Crippen LogP contribution >= 0.6 is 34.8 Å². The molecule has 2 aromatic carbocycles. The highest BCUT2D eigenvalue weighted by Gasteiger charge is 2.46. The van der Waals surface area contributed by atoms with Crippen molar-refractivity contribution in [2.75, 3.05) is 39.4 Å². The van der Waals surface area contributed by atoms with Crippen molar-refractivity contribution in [2.45, 2.75) is 6.04 Å². The van der Waals surface area contributed by atoms with Gasteiger partial charge in [-0.15, -0.1) is 0 Å². The molecule has 2 aromatic rings. The molecule has 0 saturated carbocycles. The van der Waals surface area contributed by atoms with Gasteiger partial charge in [-0.2, -0.15) is 0 Å². The Labute approximate surface area is 200 Å². The topological polar surface area (TPSA) is 70.1 Å². The van der Waals surface area contributed by atoms with Gasteiger partial charge in [0.2, 0.25) is 0 Å². The van der Waals surface area contributed by atoms with Gasteiger partial charge in [0, 0.05) is 46.8 Å². The summed E-state index contributed by atoms with van der Waals surface area (Å²) < 4.78 is 5.38. The van der Waals surface area contributed by atoms with Gasteiger partial charge in [0.25, 0.3) is 11.7 Å². The predicted molar refractivity (Wildman–Crippen MR) is 124 cm³/mol. The molecule has 1 N–H and O–H groups in total. The Kier molecular flexibility index (Phi) is 7.08. The number of nitrogens with zero attached hydrogens (tertiary/aromatic N) is 2. The number of morpholine rings is 1. The van der Waals surface area contributed by atoms with Crippen molar-refractivity contribution in [3.63, 3.8) is 0 Å². The predicted octanol–water partition coefficient (Wildman–Crippen LogP) is 4.40. The molecule has 2 saturated heterocycles. The summed E-state index contributed by atoms with van der Waals surface area (Å²) in [6, 6.07) is 10.5. The van der Waals surface area contributed by atoms with Crippen molar-refractivity contribution in [1.82, 2.24) is 9.80 Å². The lowest BCUT2D eigenvalue weighted by Gasteiger charge is -2.31. The van der Waals surface area contributed by atoms with Crippen LogP contribution in [0.15, 0.2) is 48.0 Å². The number of ether oxygens (including phenoxy) is 1. The standard InChI is InChI=1S/C23H21Cl3N2O4/c24-15-3-1-14(2-4-15)21(29)19-20(17-6-5-16(25)13-18(17)26)28(23(31)22(19)30)8-7-27-9-11-32-12-10-27/h1-6,13,20,29H,7-12H2/t20-/m1/s1. The fourth-order valence-electron chi connectivity index (χ4n) is 3.99. The third-order valence-corrected chi connectivity index (χ3v) is 6.49. The van der Waals surface area contributed by atoms with Crippen LogP contribution in [0.4, 0.5) is 0 Å². The van der Waals surface area contributed by atoms with Crippen LogP contribution in [0.5, 0.6) is 0 Å². The minimum absolute atomic E-state index is 0.0106. The fraction of sp³-hybridized carbons (Fsp3) is 0.304. The zero-order chi connectivity index (χ0) is 22.8. The average Bonchev–Trinajstić information content (AvgIpc) is 3.03. The number of amides is 1. The summed E-state index contributed by atoms with van der Waals surface area (Å²) in [5.41, 5.74) is 0.895. The molecule has 2 aliphatic rings. The maximum absolute atomic E-state index is 13.1. The van der Waals surface area contributed by atoms with Crippen molar-refractivity contribution >= 4 is 52.3 Å².